The minimum atomic E-state index is -3.51. The van der Waals surface area contributed by atoms with Crippen LogP contribution < -0.4 is 5.32 Å². The Morgan fingerprint density at radius 2 is 1.38 bits per heavy atom. The van der Waals surface area contributed by atoms with Crippen molar-refractivity contribution in [1.82, 2.24) is 0 Å². The molecule has 0 radical (unpaired) electrons. The topological polar surface area (TPSA) is 47.6 Å². The second-order valence-electron chi connectivity index (χ2n) is 6.81. The fraction of sp³-hybridized carbons (Fsp3) is 0.400. The summed E-state index contributed by atoms with van der Waals surface area (Å²) in [6, 6.07) is 15.1. The van der Waals surface area contributed by atoms with Gasteiger partial charge in [0.25, 0.3) is 0 Å². The molecule has 0 bridgehead atoms. The molecule has 1 atom stereocenters. The summed E-state index contributed by atoms with van der Waals surface area (Å²) in [5, 5.41) is 3.95. The van der Waals surface area contributed by atoms with E-state index in [0.717, 1.165) is 16.8 Å². The average molecular weight is 396 g/mol. The van der Waals surface area contributed by atoms with Crippen LogP contribution in [-0.2, 0) is 13.6 Å². The SMILES string of the molecule is Cc1ccc(N[C@@H](c2ccc(Cl)cc2)P(=O)(OC(C)C)OC(C)C)cc1. The van der Waals surface area contributed by atoms with Gasteiger partial charge in [0.15, 0.2) is 5.78 Å². The molecule has 6 heteroatoms. The summed E-state index contributed by atoms with van der Waals surface area (Å²) in [6.45, 7) is 9.42. The lowest BCUT2D eigenvalue weighted by Crippen LogP contribution is -2.19. The molecular formula is C20H27ClNO3P. The van der Waals surface area contributed by atoms with Crippen molar-refractivity contribution in [2.45, 2.75) is 52.6 Å². The van der Waals surface area contributed by atoms with Gasteiger partial charge in [-0.1, -0.05) is 41.4 Å². The average Bonchev–Trinajstić information content (AvgIpc) is 2.53. The van der Waals surface area contributed by atoms with Crippen molar-refractivity contribution in [3.8, 4) is 0 Å². The van der Waals surface area contributed by atoms with E-state index in [1.54, 1.807) is 12.1 Å². The molecule has 26 heavy (non-hydrogen) atoms. The smallest absolute Gasteiger partial charge is 0.357 e. The number of hydrogen-bond donors (Lipinski definition) is 1. The van der Waals surface area contributed by atoms with Crippen LogP contribution in [0.4, 0.5) is 5.69 Å². The Bertz CT molecular complexity index is 731. The number of aryl methyl sites for hydroxylation is 1. The minimum Gasteiger partial charge on any atom is -0.368 e. The molecule has 142 valence electrons. The highest BCUT2D eigenvalue weighted by Gasteiger charge is 2.39. The van der Waals surface area contributed by atoms with Crippen molar-refractivity contribution in [2.75, 3.05) is 5.32 Å². The van der Waals surface area contributed by atoms with Crippen LogP contribution >= 0.6 is 19.2 Å². The Hall–Kier alpha value is -1.32. The number of halogens is 1. The highest BCUT2D eigenvalue weighted by Crippen LogP contribution is 2.62. The second-order valence-corrected chi connectivity index (χ2v) is 9.27. The van der Waals surface area contributed by atoms with E-state index in [1.807, 2.05) is 71.0 Å². The Labute approximate surface area is 161 Å². The van der Waals surface area contributed by atoms with E-state index < -0.39 is 13.4 Å². The lowest BCUT2D eigenvalue weighted by atomic mass is 10.2. The first-order valence-electron chi connectivity index (χ1n) is 8.75. The first-order chi connectivity index (χ1) is 12.2. The molecule has 0 aliphatic heterocycles. The van der Waals surface area contributed by atoms with E-state index in [2.05, 4.69) is 5.32 Å². The van der Waals surface area contributed by atoms with Crippen LogP contribution in [0.5, 0.6) is 0 Å². The molecule has 2 aromatic carbocycles. The zero-order valence-electron chi connectivity index (χ0n) is 15.9. The standard InChI is InChI=1S/C20H27ClNO3P/c1-14(2)24-26(23,25-15(3)4)20(17-8-10-18(21)11-9-17)22-19-12-6-16(5)7-13-19/h6-15,20,22H,1-5H3/t20-/m1/s1. The maximum atomic E-state index is 13.8. The minimum absolute atomic E-state index is 0.241. The second kappa shape index (κ2) is 9.05. The first-order valence-corrected chi connectivity index (χ1v) is 10.7. The summed E-state index contributed by atoms with van der Waals surface area (Å²) < 4.78 is 25.4. The largest absolute Gasteiger partial charge is 0.368 e. The zero-order chi connectivity index (χ0) is 19.3. The van der Waals surface area contributed by atoms with Crippen molar-refractivity contribution >= 4 is 24.9 Å². The highest BCUT2D eigenvalue weighted by molar-refractivity contribution is 7.54. The third-order valence-electron chi connectivity index (χ3n) is 3.57. The van der Waals surface area contributed by atoms with E-state index in [1.165, 1.54) is 0 Å². The number of nitrogens with one attached hydrogen (secondary N) is 1. The molecule has 0 heterocycles. The Morgan fingerprint density at radius 3 is 1.85 bits per heavy atom. The van der Waals surface area contributed by atoms with Crippen molar-refractivity contribution < 1.29 is 13.6 Å². The van der Waals surface area contributed by atoms with E-state index in [9.17, 15) is 4.57 Å². The molecule has 0 aliphatic rings. The number of benzene rings is 2. The molecule has 1 N–H and O–H groups in total. The lowest BCUT2D eigenvalue weighted by molar-refractivity contribution is 0.138. The molecule has 0 unspecified atom stereocenters. The Kier molecular flexibility index (Phi) is 7.31. The maximum absolute atomic E-state index is 13.8. The predicted octanol–water partition coefficient (Wildman–Crippen LogP) is 6.80. The van der Waals surface area contributed by atoms with Gasteiger partial charge in [-0.05, 0) is 64.4 Å². The van der Waals surface area contributed by atoms with Crippen LogP contribution in [0.25, 0.3) is 0 Å². The van der Waals surface area contributed by atoms with Crippen LogP contribution in [-0.4, -0.2) is 12.2 Å². The van der Waals surface area contributed by atoms with Gasteiger partial charge in [0.1, 0.15) is 0 Å². The maximum Gasteiger partial charge on any atom is 0.357 e. The third kappa shape index (κ3) is 5.85. The Morgan fingerprint density at radius 1 is 0.885 bits per heavy atom. The molecule has 0 amide bonds. The van der Waals surface area contributed by atoms with Gasteiger partial charge >= 0.3 is 7.60 Å². The van der Waals surface area contributed by atoms with Gasteiger partial charge in [0, 0.05) is 10.7 Å². The molecule has 2 rings (SSSR count). The van der Waals surface area contributed by atoms with E-state index >= 15 is 0 Å². The fourth-order valence-corrected chi connectivity index (χ4v) is 4.97. The van der Waals surface area contributed by atoms with Gasteiger partial charge < -0.3 is 14.4 Å². The van der Waals surface area contributed by atoms with Crippen molar-refractivity contribution in [3.05, 3.63) is 64.7 Å². The van der Waals surface area contributed by atoms with Gasteiger partial charge in [0.05, 0.1) is 12.2 Å². The molecular weight excluding hydrogens is 369 g/mol. The van der Waals surface area contributed by atoms with E-state index in [4.69, 9.17) is 20.6 Å². The molecule has 4 nitrogen and oxygen atoms in total. The van der Waals surface area contributed by atoms with Gasteiger partial charge in [0.2, 0.25) is 0 Å². The van der Waals surface area contributed by atoms with Gasteiger partial charge in [-0.25, -0.2) is 0 Å². The van der Waals surface area contributed by atoms with Crippen molar-refractivity contribution in [1.29, 1.82) is 0 Å². The molecule has 0 spiro atoms. The summed E-state index contributed by atoms with van der Waals surface area (Å²) in [6.07, 6.45) is -0.483. The number of rotatable bonds is 8. The third-order valence-corrected chi connectivity index (χ3v) is 6.32. The van der Waals surface area contributed by atoms with Crippen molar-refractivity contribution in [3.63, 3.8) is 0 Å². The number of hydrogen-bond acceptors (Lipinski definition) is 4. The summed E-state index contributed by atoms with van der Waals surface area (Å²) in [5.74, 6) is -0.646. The molecule has 0 aromatic heterocycles. The Balaban J connectivity index is 2.47. The fourth-order valence-electron chi connectivity index (χ4n) is 2.53. The molecule has 0 fully saturated rings. The summed E-state index contributed by atoms with van der Waals surface area (Å²) in [5.41, 5.74) is 2.79. The van der Waals surface area contributed by atoms with E-state index in [-0.39, 0.29) is 12.2 Å². The summed E-state index contributed by atoms with van der Waals surface area (Å²) in [4.78, 5) is 0. The molecule has 0 aliphatic carbocycles. The molecule has 0 saturated carbocycles. The highest BCUT2D eigenvalue weighted by atomic mass is 35.5. The molecule has 0 saturated heterocycles. The summed E-state index contributed by atoms with van der Waals surface area (Å²) in [7, 11) is -3.51. The molecule has 2 aromatic rings. The zero-order valence-corrected chi connectivity index (χ0v) is 17.6. The van der Waals surface area contributed by atoms with Crippen LogP contribution in [0.2, 0.25) is 5.02 Å². The van der Waals surface area contributed by atoms with Crippen LogP contribution in [0.15, 0.2) is 48.5 Å². The normalized spacial score (nSPS) is 13.2. The van der Waals surface area contributed by atoms with Crippen LogP contribution in [0.3, 0.4) is 0 Å². The van der Waals surface area contributed by atoms with Gasteiger partial charge in [-0.2, -0.15) is 0 Å². The van der Waals surface area contributed by atoms with Crippen LogP contribution in [0, 0.1) is 6.92 Å². The van der Waals surface area contributed by atoms with Crippen LogP contribution in [0.1, 0.15) is 44.6 Å². The van der Waals surface area contributed by atoms with Gasteiger partial charge in [-0.15, -0.1) is 0 Å². The van der Waals surface area contributed by atoms with Crippen molar-refractivity contribution in [2.24, 2.45) is 0 Å². The predicted molar refractivity (Wildman–Crippen MR) is 109 cm³/mol. The first kappa shape index (κ1) is 21.0. The monoisotopic (exact) mass is 395 g/mol. The quantitative estimate of drug-likeness (QED) is 0.499. The van der Waals surface area contributed by atoms with Gasteiger partial charge in [-0.3, -0.25) is 4.57 Å². The lowest BCUT2D eigenvalue weighted by Gasteiger charge is -2.31. The number of anilines is 1. The van der Waals surface area contributed by atoms with E-state index in [0.29, 0.717) is 5.02 Å². The summed E-state index contributed by atoms with van der Waals surface area (Å²) >= 11 is 6.02.